The van der Waals surface area contributed by atoms with Gasteiger partial charge in [0.05, 0.1) is 11.5 Å². The van der Waals surface area contributed by atoms with Gasteiger partial charge in [0, 0.05) is 0 Å². The van der Waals surface area contributed by atoms with E-state index in [1.165, 1.54) is 6.20 Å². The average Bonchev–Trinajstić information content (AvgIpc) is 2.49. The number of aromatic nitrogens is 1. The van der Waals surface area contributed by atoms with Crippen LogP contribution in [0.1, 0.15) is 5.56 Å². The first-order chi connectivity index (χ1) is 10.4. The van der Waals surface area contributed by atoms with E-state index in [1.54, 1.807) is 25.1 Å². The third-order valence-electron chi connectivity index (χ3n) is 3.24. The molecule has 3 aromatic rings. The highest BCUT2D eigenvalue weighted by Gasteiger charge is 2.28. The molecule has 3 nitrogen and oxygen atoms in total. The fourth-order valence-corrected chi connectivity index (χ4v) is 2.15. The summed E-state index contributed by atoms with van der Waals surface area (Å²) in [5, 5.41) is 0.421. The third-order valence-corrected chi connectivity index (χ3v) is 3.24. The van der Waals surface area contributed by atoms with E-state index in [4.69, 9.17) is 4.42 Å². The Morgan fingerprint density at radius 1 is 1.05 bits per heavy atom. The van der Waals surface area contributed by atoms with E-state index in [1.807, 2.05) is 0 Å². The number of aryl methyl sites for hydroxylation is 1. The van der Waals surface area contributed by atoms with Crippen LogP contribution in [0.15, 0.2) is 39.7 Å². The van der Waals surface area contributed by atoms with Gasteiger partial charge in [0.1, 0.15) is 0 Å². The number of benzene rings is 2. The second-order valence-corrected chi connectivity index (χ2v) is 4.68. The lowest BCUT2D eigenvalue weighted by Crippen LogP contribution is -2.47. The van der Waals surface area contributed by atoms with Crippen molar-refractivity contribution in [1.29, 1.82) is 0 Å². The van der Waals surface area contributed by atoms with Crippen molar-refractivity contribution in [3.63, 3.8) is 0 Å². The van der Waals surface area contributed by atoms with Gasteiger partial charge in [-0.1, -0.05) is 16.7 Å². The molecule has 0 aliphatic carbocycles. The second kappa shape index (κ2) is 4.94. The van der Waals surface area contributed by atoms with Crippen molar-refractivity contribution in [2.75, 3.05) is 0 Å². The van der Waals surface area contributed by atoms with Crippen LogP contribution in [0.5, 0.6) is 0 Å². The first-order valence-electron chi connectivity index (χ1n) is 6.18. The summed E-state index contributed by atoms with van der Waals surface area (Å²) in [5.41, 5.74) is 0.166. The molecular weight excluding hydrogens is 302 g/mol. The number of para-hydroxylation sites is 1. The number of hydrogen-bond donors (Lipinski definition) is 0. The van der Waals surface area contributed by atoms with Gasteiger partial charge in [-0.2, -0.15) is 9.18 Å². The summed E-state index contributed by atoms with van der Waals surface area (Å²) in [7, 11) is 0. The molecule has 3 rings (SSSR count). The van der Waals surface area contributed by atoms with E-state index in [9.17, 15) is 22.4 Å². The van der Waals surface area contributed by atoms with Gasteiger partial charge in [-0.25, -0.2) is 13.2 Å². The molecule has 0 saturated heterocycles. The van der Waals surface area contributed by atoms with Crippen molar-refractivity contribution >= 4 is 11.0 Å². The number of halogens is 4. The lowest BCUT2D eigenvalue weighted by molar-refractivity contribution is -0.625. The van der Waals surface area contributed by atoms with Crippen LogP contribution < -0.4 is 10.3 Å². The number of fused-ring (bicyclic) bond motifs is 1. The summed E-state index contributed by atoms with van der Waals surface area (Å²) in [6.07, 6.45) is 1.17. The zero-order valence-corrected chi connectivity index (χ0v) is 11.2. The number of hydrogen-bond acceptors (Lipinski definition) is 2. The fraction of sp³-hybridized carbons (Fsp3) is 0.0667. The summed E-state index contributed by atoms with van der Waals surface area (Å²) in [6, 6.07) is 5.35. The fourth-order valence-electron chi connectivity index (χ4n) is 2.15. The molecule has 0 aliphatic heterocycles. The van der Waals surface area contributed by atoms with Crippen LogP contribution in [0.25, 0.3) is 16.7 Å². The molecule has 0 fully saturated rings. The highest BCUT2D eigenvalue weighted by Crippen LogP contribution is 2.19. The summed E-state index contributed by atoms with van der Waals surface area (Å²) in [4.78, 5) is 11.9. The molecule has 0 aliphatic rings. The zero-order chi connectivity index (χ0) is 16.0. The SMILES string of the molecule is Cc1cccc2c[n+](-c3cc(F)c(F)c(F)c3F)c(=O)oc12. The van der Waals surface area contributed by atoms with Crippen molar-refractivity contribution in [3.05, 3.63) is 69.8 Å². The maximum atomic E-state index is 13.8. The lowest BCUT2D eigenvalue weighted by Gasteiger charge is -2.02. The first kappa shape index (κ1) is 14.2. The second-order valence-electron chi connectivity index (χ2n) is 4.68. The molecule has 0 amide bonds. The average molecular weight is 310 g/mol. The lowest BCUT2D eigenvalue weighted by atomic mass is 10.2. The third kappa shape index (κ3) is 2.05. The molecule has 7 heteroatoms. The molecular formula is C15H8F4NO2+. The first-order valence-corrected chi connectivity index (χ1v) is 6.18. The molecule has 0 bridgehead atoms. The Balaban J connectivity index is 2.37. The Labute approximate surface area is 121 Å². The molecule has 0 atom stereocenters. The summed E-state index contributed by atoms with van der Waals surface area (Å²) < 4.78 is 59.0. The predicted molar refractivity (Wildman–Crippen MR) is 68.6 cm³/mol. The Kier molecular flexibility index (Phi) is 3.20. The smallest absolute Gasteiger partial charge is 0.371 e. The molecule has 0 unspecified atom stereocenters. The standard InChI is InChI=1S/C15H8F4NO2/c1-7-3-2-4-8-6-20(15(21)22-14(7)8)10-5-9(16)11(17)13(19)12(10)18/h2-6H,1H3/q+1. The van der Waals surface area contributed by atoms with E-state index < -0.39 is 34.7 Å². The minimum absolute atomic E-state index is 0.271. The molecule has 112 valence electrons. The van der Waals surface area contributed by atoms with Crippen LogP contribution in [0.3, 0.4) is 0 Å². The Bertz CT molecular complexity index is 966. The molecule has 2 aromatic carbocycles. The maximum absolute atomic E-state index is 13.8. The van der Waals surface area contributed by atoms with Crippen LogP contribution >= 0.6 is 0 Å². The van der Waals surface area contributed by atoms with Crippen LogP contribution in [-0.2, 0) is 0 Å². The highest BCUT2D eigenvalue weighted by atomic mass is 19.2. The largest absolute Gasteiger partial charge is 0.608 e. The van der Waals surface area contributed by atoms with Gasteiger partial charge >= 0.3 is 5.76 Å². The molecule has 1 heterocycles. The van der Waals surface area contributed by atoms with E-state index in [-0.39, 0.29) is 5.58 Å². The molecule has 0 N–H and O–H groups in total. The Hall–Kier alpha value is -2.70. The van der Waals surface area contributed by atoms with Crippen LogP contribution in [0, 0.1) is 30.2 Å². The summed E-state index contributed by atoms with van der Waals surface area (Å²) >= 11 is 0. The predicted octanol–water partition coefficient (Wildman–Crippen LogP) is 2.93. The van der Waals surface area contributed by atoms with Crippen molar-refractivity contribution in [1.82, 2.24) is 0 Å². The normalized spacial score (nSPS) is 11.1. The Morgan fingerprint density at radius 2 is 1.77 bits per heavy atom. The quantitative estimate of drug-likeness (QED) is 0.300. The van der Waals surface area contributed by atoms with Gasteiger partial charge in [-0.3, -0.25) is 0 Å². The molecule has 0 saturated carbocycles. The number of rotatable bonds is 1. The van der Waals surface area contributed by atoms with Gasteiger partial charge in [0.25, 0.3) is 5.69 Å². The molecule has 22 heavy (non-hydrogen) atoms. The van der Waals surface area contributed by atoms with Crippen molar-refractivity contribution in [2.24, 2.45) is 0 Å². The van der Waals surface area contributed by atoms with E-state index >= 15 is 0 Å². The van der Waals surface area contributed by atoms with Crippen LogP contribution in [0.2, 0.25) is 0 Å². The molecule has 0 spiro atoms. The van der Waals surface area contributed by atoms with Gasteiger partial charge in [-0.05, 0) is 18.6 Å². The number of nitrogens with zero attached hydrogens (tertiary/aromatic N) is 1. The van der Waals surface area contributed by atoms with Crippen molar-refractivity contribution in [2.45, 2.75) is 6.92 Å². The highest BCUT2D eigenvalue weighted by molar-refractivity contribution is 5.77. The van der Waals surface area contributed by atoms with Gasteiger partial charge < -0.3 is 4.42 Å². The minimum Gasteiger partial charge on any atom is -0.371 e. The van der Waals surface area contributed by atoms with E-state index in [0.29, 0.717) is 21.6 Å². The van der Waals surface area contributed by atoms with E-state index in [2.05, 4.69) is 0 Å². The Morgan fingerprint density at radius 3 is 2.50 bits per heavy atom. The minimum atomic E-state index is -1.99. The van der Waals surface area contributed by atoms with Gasteiger partial charge in [0.15, 0.2) is 23.4 Å². The monoisotopic (exact) mass is 310 g/mol. The van der Waals surface area contributed by atoms with Crippen LogP contribution in [0.4, 0.5) is 17.6 Å². The zero-order valence-electron chi connectivity index (χ0n) is 11.2. The maximum Gasteiger partial charge on any atom is 0.608 e. The van der Waals surface area contributed by atoms with Gasteiger partial charge in [-0.15, -0.1) is 0 Å². The summed E-state index contributed by atoms with van der Waals surface area (Å²) in [6.45, 7) is 1.70. The summed E-state index contributed by atoms with van der Waals surface area (Å²) in [5.74, 6) is -8.27. The molecule has 0 radical (unpaired) electrons. The van der Waals surface area contributed by atoms with Gasteiger partial charge in [0.2, 0.25) is 11.6 Å². The van der Waals surface area contributed by atoms with E-state index in [0.717, 1.165) is 0 Å². The topological polar surface area (TPSA) is 34.1 Å². The van der Waals surface area contributed by atoms with Crippen molar-refractivity contribution < 1.29 is 26.5 Å². The molecule has 1 aromatic heterocycles. The van der Waals surface area contributed by atoms with Crippen molar-refractivity contribution in [3.8, 4) is 5.69 Å². The van der Waals surface area contributed by atoms with Crippen LogP contribution in [-0.4, -0.2) is 0 Å².